The van der Waals surface area contributed by atoms with Gasteiger partial charge in [0.25, 0.3) is 0 Å². The number of rotatable bonds is 5. The number of carbonyl (C=O) groups is 1. The van der Waals surface area contributed by atoms with E-state index in [0.717, 1.165) is 11.1 Å². The smallest absolute Gasteiger partial charge is 0.329 e. The maximum Gasteiger partial charge on any atom is 0.329 e. The van der Waals surface area contributed by atoms with Gasteiger partial charge in [0, 0.05) is 23.6 Å². The molecular formula is C23H27NO2. The molecule has 0 spiro atoms. The molecule has 2 atom stereocenters. The summed E-state index contributed by atoms with van der Waals surface area (Å²) in [5, 5.41) is 0. The standard InChI is InChI=1S/C23H27NO2/c1-16(2)24(17(3)4)22-20(18-11-7-5-8-12-18)15-21(26-23(22)25)19-13-9-6-10-14-19/h5-17,20,22H,1-4H3/t20-,22-/m1/s1. The van der Waals surface area contributed by atoms with Gasteiger partial charge in [-0.2, -0.15) is 0 Å². The summed E-state index contributed by atoms with van der Waals surface area (Å²) in [6.45, 7) is 8.52. The number of carbonyl (C=O) groups excluding carboxylic acids is 1. The predicted molar refractivity (Wildman–Crippen MR) is 106 cm³/mol. The summed E-state index contributed by atoms with van der Waals surface area (Å²) < 4.78 is 5.80. The second-order valence-electron chi connectivity index (χ2n) is 7.33. The molecule has 0 bridgehead atoms. The minimum Gasteiger partial charge on any atom is -0.425 e. The molecule has 1 aliphatic rings. The van der Waals surface area contributed by atoms with E-state index in [-0.39, 0.29) is 30.0 Å². The first-order valence-electron chi connectivity index (χ1n) is 9.30. The second-order valence-corrected chi connectivity index (χ2v) is 7.33. The zero-order chi connectivity index (χ0) is 18.7. The Morgan fingerprint density at radius 3 is 1.92 bits per heavy atom. The average molecular weight is 349 g/mol. The van der Waals surface area contributed by atoms with Crippen LogP contribution in [-0.2, 0) is 9.53 Å². The number of nitrogens with zero attached hydrogens (tertiary/aromatic N) is 1. The molecule has 0 unspecified atom stereocenters. The van der Waals surface area contributed by atoms with Crippen LogP contribution in [0.3, 0.4) is 0 Å². The van der Waals surface area contributed by atoms with Gasteiger partial charge in [-0.25, -0.2) is 4.79 Å². The summed E-state index contributed by atoms with van der Waals surface area (Å²) in [6, 6.07) is 20.2. The normalized spacial score (nSPS) is 20.4. The molecule has 0 aromatic heterocycles. The van der Waals surface area contributed by atoms with E-state index >= 15 is 0 Å². The van der Waals surface area contributed by atoms with Crippen molar-refractivity contribution in [3.63, 3.8) is 0 Å². The molecule has 3 heteroatoms. The molecule has 0 aliphatic carbocycles. The Morgan fingerprint density at radius 2 is 1.38 bits per heavy atom. The lowest BCUT2D eigenvalue weighted by atomic mass is 9.86. The Hall–Kier alpha value is -2.39. The SMILES string of the molecule is CC(C)N(C(C)C)[C@H]1C(=O)OC(c2ccccc2)=C[C@@H]1c1ccccc1. The molecule has 1 aliphatic heterocycles. The Kier molecular flexibility index (Phi) is 5.58. The average Bonchev–Trinajstić information content (AvgIpc) is 2.64. The first-order valence-corrected chi connectivity index (χ1v) is 9.30. The molecule has 2 aromatic carbocycles. The van der Waals surface area contributed by atoms with Crippen molar-refractivity contribution in [3.05, 3.63) is 77.9 Å². The molecule has 0 saturated heterocycles. The Morgan fingerprint density at radius 1 is 0.846 bits per heavy atom. The van der Waals surface area contributed by atoms with Crippen LogP contribution >= 0.6 is 0 Å². The zero-order valence-corrected chi connectivity index (χ0v) is 15.9. The highest BCUT2D eigenvalue weighted by atomic mass is 16.5. The molecule has 0 radical (unpaired) electrons. The number of ether oxygens (including phenoxy) is 1. The summed E-state index contributed by atoms with van der Waals surface area (Å²) in [7, 11) is 0. The van der Waals surface area contributed by atoms with Crippen molar-refractivity contribution >= 4 is 11.7 Å². The molecule has 136 valence electrons. The van der Waals surface area contributed by atoms with Crippen molar-refractivity contribution in [2.24, 2.45) is 0 Å². The van der Waals surface area contributed by atoms with Crippen molar-refractivity contribution in [2.75, 3.05) is 0 Å². The number of benzene rings is 2. The van der Waals surface area contributed by atoms with Crippen LogP contribution in [0.4, 0.5) is 0 Å². The van der Waals surface area contributed by atoms with E-state index in [0.29, 0.717) is 5.76 Å². The van der Waals surface area contributed by atoms with Crippen molar-refractivity contribution < 1.29 is 9.53 Å². The van der Waals surface area contributed by atoms with Crippen LogP contribution in [0.15, 0.2) is 66.7 Å². The van der Waals surface area contributed by atoms with Gasteiger partial charge in [-0.05, 0) is 39.3 Å². The monoisotopic (exact) mass is 349 g/mol. The fourth-order valence-electron chi connectivity index (χ4n) is 3.86. The highest BCUT2D eigenvalue weighted by Crippen LogP contribution is 2.36. The highest BCUT2D eigenvalue weighted by Gasteiger charge is 2.41. The molecule has 0 N–H and O–H groups in total. The highest BCUT2D eigenvalue weighted by molar-refractivity contribution is 5.87. The van der Waals surface area contributed by atoms with Crippen molar-refractivity contribution in [1.82, 2.24) is 4.90 Å². The molecule has 3 rings (SSSR count). The summed E-state index contributed by atoms with van der Waals surface area (Å²) >= 11 is 0. The van der Waals surface area contributed by atoms with E-state index in [9.17, 15) is 4.79 Å². The molecule has 26 heavy (non-hydrogen) atoms. The molecular weight excluding hydrogens is 322 g/mol. The van der Waals surface area contributed by atoms with Crippen LogP contribution in [0.5, 0.6) is 0 Å². The Labute approximate surface area is 156 Å². The topological polar surface area (TPSA) is 29.5 Å². The summed E-state index contributed by atoms with van der Waals surface area (Å²) in [5.41, 5.74) is 2.06. The van der Waals surface area contributed by atoms with Gasteiger partial charge in [-0.15, -0.1) is 0 Å². The molecule has 1 heterocycles. The maximum atomic E-state index is 13.1. The van der Waals surface area contributed by atoms with E-state index in [1.807, 2.05) is 48.5 Å². The second kappa shape index (κ2) is 7.88. The maximum absolute atomic E-state index is 13.1. The molecule has 3 nitrogen and oxygen atoms in total. The van der Waals surface area contributed by atoms with Crippen LogP contribution < -0.4 is 0 Å². The van der Waals surface area contributed by atoms with E-state index in [4.69, 9.17) is 4.74 Å². The lowest BCUT2D eigenvalue weighted by Crippen LogP contribution is -2.53. The summed E-state index contributed by atoms with van der Waals surface area (Å²) in [4.78, 5) is 15.4. The predicted octanol–water partition coefficient (Wildman–Crippen LogP) is 4.86. The van der Waals surface area contributed by atoms with E-state index in [1.165, 1.54) is 0 Å². The van der Waals surface area contributed by atoms with E-state index in [2.05, 4.69) is 50.8 Å². The van der Waals surface area contributed by atoms with Gasteiger partial charge >= 0.3 is 5.97 Å². The molecule has 2 aromatic rings. The number of esters is 1. The summed E-state index contributed by atoms with van der Waals surface area (Å²) in [5.74, 6) is 0.424. The van der Waals surface area contributed by atoms with E-state index in [1.54, 1.807) is 0 Å². The van der Waals surface area contributed by atoms with Gasteiger partial charge in [0.1, 0.15) is 11.8 Å². The number of cyclic esters (lactones) is 1. The minimum atomic E-state index is -0.329. The third-order valence-electron chi connectivity index (χ3n) is 4.88. The van der Waals surface area contributed by atoms with Crippen LogP contribution in [0.1, 0.15) is 44.7 Å². The van der Waals surface area contributed by atoms with Crippen molar-refractivity contribution in [3.8, 4) is 0 Å². The zero-order valence-electron chi connectivity index (χ0n) is 15.9. The van der Waals surface area contributed by atoms with Gasteiger partial charge in [0.05, 0.1) is 0 Å². The van der Waals surface area contributed by atoms with Crippen LogP contribution in [-0.4, -0.2) is 29.0 Å². The van der Waals surface area contributed by atoms with Crippen LogP contribution in [0, 0.1) is 0 Å². The first kappa shape index (κ1) is 18.4. The summed E-state index contributed by atoms with van der Waals surface area (Å²) in [6.07, 6.45) is 2.11. The van der Waals surface area contributed by atoms with Crippen LogP contribution in [0.25, 0.3) is 5.76 Å². The van der Waals surface area contributed by atoms with Gasteiger partial charge in [0.2, 0.25) is 0 Å². The Balaban J connectivity index is 2.09. The first-order chi connectivity index (χ1) is 12.5. The van der Waals surface area contributed by atoms with Crippen molar-refractivity contribution in [2.45, 2.75) is 51.7 Å². The number of hydrogen-bond acceptors (Lipinski definition) is 3. The molecule has 0 amide bonds. The fourth-order valence-corrected chi connectivity index (χ4v) is 3.86. The fraction of sp³-hybridized carbons (Fsp3) is 0.348. The van der Waals surface area contributed by atoms with Gasteiger partial charge < -0.3 is 4.74 Å². The van der Waals surface area contributed by atoms with Crippen molar-refractivity contribution in [1.29, 1.82) is 0 Å². The quantitative estimate of drug-likeness (QED) is 0.722. The minimum absolute atomic E-state index is 0.0440. The number of hydrogen-bond donors (Lipinski definition) is 0. The lowest BCUT2D eigenvalue weighted by Gasteiger charge is -2.42. The van der Waals surface area contributed by atoms with Gasteiger partial charge in [-0.3, -0.25) is 4.90 Å². The van der Waals surface area contributed by atoms with Crippen LogP contribution in [0.2, 0.25) is 0 Å². The molecule has 0 fully saturated rings. The lowest BCUT2D eigenvalue weighted by molar-refractivity contribution is -0.146. The third-order valence-corrected chi connectivity index (χ3v) is 4.88. The largest absolute Gasteiger partial charge is 0.425 e. The van der Waals surface area contributed by atoms with Gasteiger partial charge in [0.15, 0.2) is 0 Å². The Bertz CT molecular complexity index is 757. The molecule has 0 saturated carbocycles. The van der Waals surface area contributed by atoms with Gasteiger partial charge in [-0.1, -0.05) is 60.7 Å². The van der Waals surface area contributed by atoms with E-state index < -0.39 is 0 Å². The third kappa shape index (κ3) is 3.73.